The van der Waals surface area contributed by atoms with E-state index in [4.69, 9.17) is 4.74 Å². The number of nitrogens with zero attached hydrogens (tertiary/aromatic N) is 1. The van der Waals surface area contributed by atoms with Crippen LogP contribution in [0.4, 0.5) is 0 Å². The molecule has 4 heteroatoms. The van der Waals surface area contributed by atoms with Crippen LogP contribution in [0.1, 0.15) is 27.9 Å². The van der Waals surface area contributed by atoms with Gasteiger partial charge in [0.05, 0.1) is 12.0 Å². The Kier molecular flexibility index (Phi) is 6.74. The number of hydrogen-bond acceptors (Lipinski definition) is 2. The molecule has 0 N–H and O–H groups in total. The molecule has 1 atom stereocenters. The molecule has 1 aromatic heterocycles. The molecule has 0 saturated carbocycles. The van der Waals surface area contributed by atoms with Gasteiger partial charge in [0.15, 0.2) is 11.8 Å². The predicted molar refractivity (Wildman–Crippen MR) is 89.7 cm³/mol. The standard InChI is InChI=1S/C19H20NOS.HI/c1-15-14-22-19(20(15)2)18(17-11-7-4-8-12-17)21-13-16-9-5-3-6-10-16;/h3-12,14,18H,13H2,1-2H3;1H/q+1;/p-1. The minimum Gasteiger partial charge on any atom is -1.00 e. The molecule has 3 aromatic rings. The van der Waals surface area contributed by atoms with Crippen LogP contribution in [-0.4, -0.2) is 0 Å². The van der Waals surface area contributed by atoms with Crippen molar-refractivity contribution < 1.29 is 33.3 Å². The highest BCUT2D eigenvalue weighted by atomic mass is 127. The van der Waals surface area contributed by atoms with Crippen molar-refractivity contribution in [1.82, 2.24) is 0 Å². The zero-order chi connectivity index (χ0) is 15.4. The van der Waals surface area contributed by atoms with Crippen molar-refractivity contribution in [3.63, 3.8) is 0 Å². The molecule has 23 heavy (non-hydrogen) atoms. The molecule has 0 amide bonds. The lowest BCUT2D eigenvalue weighted by Crippen LogP contribution is -3.00. The van der Waals surface area contributed by atoms with Gasteiger partial charge in [-0.3, -0.25) is 0 Å². The number of thiazole rings is 1. The second-order valence-corrected chi connectivity index (χ2v) is 6.25. The normalized spacial score (nSPS) is 11.7. The summed E-state index contributed by atoms with van der Waals surface area (Å²) in [6, 6.07) is 20.7. The van der Waals surface area contributed by atoms with Gasteiger partial charge in [-0.1, -0.05) is 72.0 Å². The third kappa shape index (κ3) is 4.40. The lowest BCUT2D eigenvalue weighted by Gasteiger charge is -2.15. The summed E-state index contributed by atoms with van der Waals surface area (Å²) in [6.45, 7) is 2.73. The summed E-state index contributed by atoms with van der Waals surface area (Å²) < 4.78 is 8.50. The largest absolute Gasteiger partial charge is 1.00 e. The summed E-state index contributed by atoms with van der Waals surface area (Å²) in [5.41, 5.74) is 3.64. The first-order valence-electron chi connectivity index (χ1n) is 7.40. The second-order valence-electron chi connectivity index (χ2n) is 5.36. The Balaban J connectivity index is 0.00000192. The molecule has 0 aliphatic heterocycles. The van der Waals surface area contributed by atoms with Gasteiger partial charge in [0.1, 0.15) is 7.05 Å². The topological polar surface area (TPSA) is 13.1 Å². The van der Waals surface area contributed by atoms with Crippen molar-refractivity contribution in [2.75, 3.05) is 0 Å². The fraction of sp³-hybridized carbons (Fsp3) is 0.211. The molecule has 0 aliphatic rings. The quantitative estimate of drug-likeness (QED) is 0.432. The Morgan fingerprint density at radius 2 is 1.61 bits per heavy atom. The van der Waals surface area contributed by atoms with E-state index in [0.29, 0.717) is 6.61 Å². The van der Waals surface area contributed by atoms with Crippen LogP contribution >= 0.6 is 11.3 Å². The molecule has 2 nitrogen and oxygen atoms in total. The number of aromatic nitrogens is 1. The van der Waals surface area contributed by atoms with Gasteiger partial charge >= 0.3 is 0 Å². The highest BCUT2D eigenvalue weighted by Gasteiger charge is 2.26. The average molecular weight is 437 g/mol. The molecule has 3 rings (SSSR count). The Morgan fingerprint density at radius 1 is 1.00 bits per heavy atom. The van der Waals surface area contributed by atoms with Gasteiger partial charge in [0.25, 0.3) is 5.01 Å². The van der Waals surface area contributed by atoms with Crippen LogP contribution in [0.3, 0.4) is 0 Å². The third-order valence-electron chi connectivity index (χ3n) is 3.80. The maximum atomic E-state index is 6.28. The second kappa shape index (κ2) is 8.57. The maximum absolute atomic E-state index is 6.28. The molecule has 1 unspecified atom stereocenters. The van der Waals surface area contributed by atoms with Gasteiger partial charge in [-0.05, 0) is 11.1 Å². The molecule has 1 heterocycles. The Morgan fingerprint density at radius 3 is 2.17 bits per heavy atom. The molecule has 120 valence electrons. The van der Waals surface area contributed by atoms with Crippen LogP contribution in [0.5, 0.6) is 0 Å². The summed E-state index contributed by atoms with van der Waals surface area (Å²) in [4.78, 5) is 0. The van der Waals surface area contributed by atoms with E-state index in [1.807, 2.05) is 24.3 Å². The van der Waals surface area contributed by atoms with Gasteiger partial charge in [-0.2, -0.15) is 4.57 Å². The fourth-order valence-corrected chi connectivity index (χ4v) is 3.49. The van der Waals surface area contributed by atoms with Crippen LogP contribution in [0.15, 0.2) is 66.0 Å². The summed E-state index contributed by atoms with van der Waals surface area (Å²) in [7, 11) is 2.10. The van der Waals surface area contributed by atoms with E-state index in [2.05, 4.69) is 60.3 Å². The smallest absolute Gasteiger partial charge is 0.271 e. The highest BCUT2D eigenvalue weighted by Crippen LogP contribution is 2.28. The van der Waals surface area contributed by atoms with E-state index >= 15 is 0 Å². The lowest BCUT2D eigenvalue weighted by molar-refractivity contribution is -0.683. The number of halogens is 1. The summed E-state index contributed by atoms with van der Waals surface area (Å²) in [5, 5.41) is 3.40. The third-order valence-corrected chi connectivity index (χ3v) is 4.98. The zero-order valence-corrected chi connectivity index (χ0v) is 16.3. The van der Waals surface area contributed by atoms with Crippen molar-refractivity contribution >= 4 is 11.3 Å². The molecule has 0 saturated heterocycles. The van der Waals surface area contributed by atoms with Gasteiger partial charge < -0.3 is 28.7 Å². The molecule has 0 fully saturated rings. The summed E-state index contributed by atoms with van der Waals surface area (Å²) >= 11 is 1.75. The van der Waals surface area contributed by atoms with Crippen LogP contribution in [0.25, 0.3) is 0 Å². The first-order chi connectivity index (χ1) is 10.8. The summed E-state index contributed by atoms with van der Waals surface area (Å²) in [5.74, 6) is 0. The van der Waals surface area contributed by atoms with Crippen molar-refractivity contribution in [2.45, 2.75) is 19.6 Å². The molecular formula is C19H20INOS. The summed E-state index contributed by atoms with van der Waals surface area (Å²) in [6.07, 6.45) is -0.0369. The number of ether oxygens (including phenoxy) is 1. The number of benzene rings is 2. The minimum absolute atomic E-state index is 0. The van der Waals surface area contributed by atoms with Gasteiger partial charge in [0.2, 0.25) is 0 Å². The van der Waals surface area contributed by atoms with Gasteiger partial charge in [-0.15, -0.1) is 0 Å². The zero-order valence-electron chi connectivity index (χ0n) is 13.3. The van der Waals surface area contributed by atoms with Crippen molar-refractivity contribution in [1.29, 1.82) is 0 Å². The Hall–Kier alpha value is -1.24. The Labute approximate surface area is 158 Å². The first kappa shape index (κ1) is 18.1. The van der Waals surface area contributed by atoms with E-state index in [0.717, 1.165) is 0 Å². The Bertz CT molecular complexity index is 728. The maximum Gasteiger partial charge on any atom is 0.271 e. The van der Waals surface area contributed by atoms with Crippen LogP contribution in [0.2, 0.25) is 0 Å². The average Bonchev–Trinajstić information content (AvgIpc) is 2.90. The monoisotopic (exact) mass is 437 g/mol. The van der Waals surface area contributed by atoms with Gasteiger partial charge in [0, 0.05) is 6.92 Å². The molecule has 0 radical (unpaired) electrons. The van der Waals surface area contributed by atoms with E-state index in [1.54, 1.807) is 11.3 Å². The van der Waals surface area contributed by atoms with E-state index in [-0.39, 0.29) is 30.1 Å². The fourth-order valence-electron chi connectivity index (χ4n) is 2.41. The van der Waals surface area contributed by atoms with Crippen LogP contribution in [0, 0.1) is 6.92 Å². The van der Waals surface area contributed by atoms with Crippen molar-refractivity contribution in [3.05, 3.63) is 87.9 Å². The molecule has 0 bridgehead atoms. The van der Waals surface area contributed by atoms with Gasteiger partial charge in [-0.25, -0.2) is 0 Å². The van der Waals surface area contributed by atoms with E-state index < -0.39 is 0 Å². The molecule has 2 aromatic carbocycles. The molecule has 0 aliphatic carbocycles. The van der Waals surface area contributed by atoms with E-state index in [1.165, 1.54) is 21.8 Å². The number of rotatable bonds is 5. The highest BCUT2D eigenvalue weighted by molar-refractivity contribution is 7.09. The van der Waals surface area contributed by atoms with Crippen LogP contribution < -0.4 is 28.5 Å². The minimum atomic E-state index is -0.0369. The lowest BCUT2D eigenvalue weighted by atomic mass is 10.1. The molecular weight excluding hydrogens is 417 g/mol. The molecule has 0 spiro atoms. The van der Waals surface area contributed by atoms with E-state index in [9.17, 15) is 0 Å². The SMILES string of the molecule is Cc1csc(C(OCc2ccccc2)c2ccccc2)[n+]1C.[I-]. The van der Waals surface area contributed by atoms with Crippen molar-refractivity contribution in [3.8, 4) is 0 Å². The number of aryl methyl sites for hydroxylation is 1. The first-order valence-corrected chi connectivity index (χ1v) is 8.28. The van der Waals surface area contributed by atoms with Crippen molar-refractivity contribution in [2.24, 2.45) is 7.05 Å². The van der Waals surface area contributed by atoms with Crippen LogP contribution in [-0.2, 0) is 18.4 Å². The number of hydrogen-bond donors (Lipinski definition) is 0. The predicted octanol–water partition coefficient (Wildman–Crippen LogP) is 1.19.